The fourth-order valence-electron chi connectivity index (χ4n) is 2.70. The van der Waals surface area contributed by atoms with Gasteiger partial charge in [0.25, 0.3) is 0 Å². The first-order valence-electron chi connectivity index (χ1n) is 6.89. The number of nitrogens with one attached hydrogen (secondary N) is 1. The normalized spacial score (nSPS) is 21.9. The third kappa shape index (κ3) is 2.58. The van der Waals surface area contributed by atoms with E-state index in [1.54, 1.807) is 0 Å². The van der Waals surface area contributed by atoms with Crippen LogP contribution in [0.2, 0.25) is 5.02 Å². The largest absolute Gasteiger partial charge is 0.337 e. The van der Waals surface area contributed by atoms with Gasteiger partial charge in [-0.1, -0.05) is 30.6 Å². The van der Waals surface area contributed by atoms with Crippen LogP contribution in [0.25, 0.3) is 11.4 Å². The Balaban J connectivity index is 1.88. The fourth-order valence-corrected chi connectivity index (χ4v) is 2.83. The Hall–Kier alpha value is -1.39. The molecule has 5 heteroatoms. The maximum Gasteiger partial charge on any atom is 0.244 e. The molecule has 0 bridgehead atoms. The molecule has 1 fully saturated rings. The second-order valence-electron chi connectivity index (χ2n) is 5.94. The third-order valence-corrected chi connectivity index (χ3v) is 4.17. The van der Waals surface area contributed by atoms with Crippen LogP contribution in [0.4, 0.5) is 0 Å². The highest BCUT2D eigenvalue weighted by Crippen LogP contribution is 2.39. The minimum Gasteiger partial charge on any atom is -0.337 e. The van der Waals surface area contributed by atoms with Gasteiger partial charge in [0.05, 0.1) is 6.04 Å². The first-order chi connectivity index (χ1) is 9.56. The van der Waals surface area contributed by atoms with E-state index in [9.17, 15) is 0 Å². The van der Waals surface area contributed by atoms with Gasteiger partial charge in [-0.15, -0.1) is 0 Å². The summed E-state index contributed by atoms with van der Waals surface area (Å²) in [5, 5.41) is 8.27. The van der Waals surface area contributed by atoms with E-state index >= 15 is 0 Å². The van der Waals surface area contributed by atoms with Crippen LogP contribution in [-0.4, -0.2) is 16.7 Å². The first-order valence-corrected chi connectivity index (χ1v) is 7.27. The van der Waals surface area contributed by atoms with Crippen molar-refractivity contribution >= 4 is 11.6 Å². The van der Waals surface area contributed by atoms with Crippen LogP contribution in [0.15, 0.2) is 28.8 Å². The molecule has 1 aromatic carbocycles. The second kappa shape index (κ2) is 5.19. The molecule has 0 saturated carbocycles. The Bertz CT molecular complexity index is 591. The summed E-state index contributed by atoms with van der Waals surface area (Å²) in [4.78, 5) is 4.55. The molecule has 1 unspecified atom stereocenters. The van der Waals surface area contributed by atoms with Crippen molar-refractivity contribution in [3.05, 3.63) is 35.2 Å². The summed E-state index contributed by atoms with van der Waals surface area (Å²) >= 11 is 5.89. The molecule has 2 heterocycles. The van der Waals surface area contributed by atoms with E-state index in [1.165, 1.54) is 6.42 Å². The molecule has 0 spiro atoms. The maximum absolute atomic E-state index is 5.89. The van der Waals surface area contributed by atoms with Crippen LogP contribution < -0.4 is 5.32 Å². The average Bonchev–Trinajstić information content (AvgIpc) is 2.88. The second-order valence-corrected chi connectivity index (χ2v) is 6.38. The fraction of sp³-hybridized carbons (Fsp3) is 0.467. The van der Waals surface area contributed by atoms with E-state index in [4.69, 9.17) is 16.1 Å². The van der Waals surface area contributed by atoms with E-state index in [2.05, 4.69) is 29.3 Å². The summed E-state index contributed by atoms with van der Waals surface area (Å²) < 4.78 is 5.47. The van der Waals surface area contributed by atoms with E-state index in [0.717, 1.165) is 18.5 Å². The summed E-state index contributed by atoms with van der Waals surface area (Å²) in [6.45, 7) is 5.46. The molecule has 4 nitrogen and oxygen atoms in total. The molecule has 0 amide bonds. The Morgan fingerprint density at radius 3 is 2.75 bits per heavy atom. The lowest BCUT2D eigenvalue weighted by Crippen LogP contribution is -2.39. The van der Waals surface area contributed by atoms with Gasteiger partial charge in [0, 0.05) is 10.6 Å². The van der Waals surface area contributed by atoms with Crippen molar-refractivity contribution in [2.75, 3.05) is 6.54 Å². The Morgan fingerprint density at radius 2 is 2.05 bits per heavy atom. The van der Waals surface area contributed by atoms with Gasteiger partial charge in [0.15, 0.2) is 0 Å². The van der Waals surface area contributed by atoms with Crippen molar-refractivity contribution in [2.45, 2.75) is 32.7 Å². The molecule has 106 valence electrons. The maximum atomic E-state index is 5.89. The summed E-state index contributed by atoms with van der Waals surface area (Å²) in [7, 11) is 0. The summed E-state index contributed by atoms with van der Waals surface area (Å²) in [5.74, 6) is 1.28. The van der Waals surface area contributed by atoms with E-state index in [0.29, 0.717) is 16.7 Å². The highest BCUT2D eigenvalue weighted by atomic mass is 35.5. The zero-order valence-corrected chi connectivity index (χ0v) is 12.4. The topological polar surface area (TPSA) is 51.0 Å². The molecule has 1 saturated heterocycles. The van der Waals surface area contributed by atoms with Gasteiger partial charge in [-0.2, -0.15) is 4.98 Å². The van der Waals surface area contributed by atoms with Crippen LogP contribution in [0, 0.1) is 5.41 Å². The smallest absolute Gasteiger partial charge is 0.244 e. The molecule has 0 aliphatic carbocycles. The van der Waals surface area contributed by atoms with Crippen LogP contribution in [0.1, 0.15) is 38.6 Å². The molecule has 3 rings (SSSR count). The van der Waals surface area contributed by atoms with E-state index < -0.39 is 0 Å². The van der Waals surface area contributed by atoms with E-state index in [1.807, 2.05) is 24.3 Å². The molecule has 1 aliphatic heterocycles. The summed E-state index contributed by atoms with van der Waals surface area (Å²) in [5.41, 5.74) is 1.04. The van der Waals surface area contributed by atoms with Gasteiger partial charge < -0.3 is 9.84 Å². The summed E-state index contributed by atoms with van der Waals surface area (Å²) in [6, 6.07) is 7.57. The number of hydrogen-bond acceptors (Lipinski definition) is 4. The molecule has 0 radical (unpaired) electrons. The minimum atomic E-state index is 0.116. The monoisotopic (exact) mass is 291 g/mol. The zero-order valence-electron chi connectivity index (χ0n) is 11.7. The SMILES string of the molecule is CC1(C)CCCNC1c1nc(-c2ccc(Cl)cc2)no1. The van der Waals surface area contributed by atoms with Gasteiger partial charge in [-0.25, -0.2) is 0 Å². The molecule has 1 atom stereocenters. The lowest BCUT2D eigenvalue weighted by atomic mass is 9.77. The number of hydrogen-bond donors (Lipinski definition) is 1. The quantitative estimate of drug-likeness (QED) is 0.913. The third-order valence-electron chi connectivity index (χ3n) is 3.92. The molecule has 20 heavy (non-hydrogen) atoms. The van der Waals surface area contributed by atoms with Crippen LogP contribution in [-0.2, 0) is 0 Å². The molecule has 1 aromatic heterocycles. The van der Waals surface area contributed by atoms with Crippen LogP contribution in [0.3, 0.4) is 0 Å². The number of aromatic nitrogens is 2. The Labute approximate surface area is 123 Å². The number of nitrogens with zero attached hydrogens (tertiary/aromatic N) is 2. The summed E-state index contributed by atoms with van der Waals surface area (Å²) in [6.07, 6.45) is 2.34. The van der Waals surface area contributed by atoms with Crippen molar-refractivity contribution in [1.29, 1.82) is 0 Å². The van der Waals surface area contributed by atoms with Crippen LogP contribution >= 0.6 is 11.6 Å². The molecule has 2 aromatic rings. The lowest BCUT2D eigenvalue weighted by molar-refractivity contribution is 0.146. The number of halogens is 1. The van der Waals surface area contributed by atoms with Crippen molar-refractivity contribution in [1.82, 2.24) is 15.5 Å². The molecule has 1 aliphatic rings. The minimum absolute atomic E-state index is 0.116. The molecular formula is C15H18ClN3O. The van der Waals surface area contributed by atoms with Crippen LogP contribution in [0.5, 0.6) is 0 Å². The Morgan fingerprint density at radius 1 is 1.30 bits per heavy atom. The van der Waals surface area contributed by atoms with Gasteiger partial charge >= 0.3 is 0 Å². The van der Waals surface area contributed by atoms with Gasteiger partial charge in [-0.05, 0) is 49.1 Å². The van der Waals surface area contributed by atoms with Crippen molar-refractivity contribution < 1.29 is 4.52 Å². The van der Waals surface area contributed by atoms with Gasteiger partial charge in [-0.3, -0.25) is 0 Å². The number of piperidine rings is 1. The Kier molecular flexibility index (Phi) is 3.52. The molecular weight excluding hydrogens is 274 g/mol. The number of benzene rings is 1. The number of rotatable bonds is 2. The van der Waals surface area contributed by atoms with Gasteiger partial charge in [0.2, 0.25) is 11.7 Å². The lowest BCUT2D eigenvalue weighted by Gasteiger charge is -2.36. The van der Waals surface area contributed by atoms with Crippen molar-refractivity contribution in [2.24, 2.45) is 5.41 Å². The predicted octanol–water partition coefficient (Wildman–Crippen LogP) is 3.84. The van der Waals surface area contributed by atoms with Gasteiger partial charge in [0.1, 0.15) is 0 Å². The molecule has 1 N–H and O–H groups in total. The van der Waals surface area contributed by atoms with Crippen molar-refractivity contribution in [3.8, 4) is 11.4 Å². The average molecular weight is 292 g/mol. The standard InChI is InChI=1S/C15H18ClN3O/c1-15(2)8-3-9-17-12(15)14-18-13(19-20-14)10-4-6-11(16)7-5-10/h4-7,12,17H,3,8-9H2,1-2H3. The van der Waals surface area contributed by atoms with E-state index in [-0.39, 0.29) is 11.5 Å². The van der Waals surface area contributed by atoms with Crippen molar-refractivity contribution in [3.63, 3.8) is 0 Å². The highest BCUT2D eigenvalue weighted by molar-refractivity contribution is 6.30. The predicted molar refractivity (Wildman–Crippen MR) is 78.5 cm³/mol. The first kappa shape index (κ1) is 13.6. The highest BCUT2D eigenvalue weighted by Gasteiger charge is 2.37. The zero-order chi connectivity index (χ0) is 14.2.